The number of nitrogens with one attached hydrogen (secondary N) is 2. The van der Waals surface area contributed by atoms with Gasteiger partial charge in [-0.05, 0) is 32.4 Å². The normalized spacial score (nSPS) is 19.3. The molecule has 6 heteroatoms. The van der Waals surface area contributed by atoms with Gasteiger partial charge in [-0.15, -0.1) is 0 Å². The number of morpholine rings is 1. The van der Waals surface area contributed by atoms with Crippen LogP contribution in [0.5, 0.6) is 0 Å². The Balaban J connectivity index is 2.48. The maximum atomic E-state index is 5.51. The molecule has 0 spiro atoms. The highest BCUT2D eigenvalue weighted by Crippen LogP contribution is 2.13. The highest BCUT2D eigenvalue weighted by Gasteiger charge is 2.22. The molecule has 0 radical (unpaired) electrons. The van der Waals surface area contributed by atoms with Crippen LogP contribution in [-0.4, -0.2) is 87.4 Å². The molecule has 2 atom stereocenters. The minimum Gasteiger partial charge on any atom is -0.379 e. The van der Waals surface area contributed by atoms with Crippen LogP contribution in [0.1, 0.15) is 41.0 Å². The van der Waals surface area contributed by atoms with Crippen molar-refractivity contribution >= 4 is 5.96 Å². The SMILES string of the molecule is CCN(CC)C(C)CNC(=NC)NCC(CC(C)C)N1CCOCC1. The van der Waals surface area contributed by atoms with E-state index < -0.39 is 0 Å². The second-order valence-corrected chi connectivity index (χ2v) is 7.34. The molecule has 1 saturated heterocycles. The van der Waals surface area contributed by atoms with Crippen LogP contribution in [0.4, 0.5) is 0 Å². The molecule has 1 fully saturated rings. The molecule has 0 bridgehead atoms. The van der Waals surface area contributed by atoms with Crippen LogP contribution in [0, 0.1) is 5.92 Å². The van der Waals surface area contributed by atoms with Crippen LogP contribution < -0.4 is 10.6 Å². The van der Waals surface area contributed by atoms with Crippen molar-refractivity contribution in [1.82, 2.24) is 20.4 Å². The van der Waals surface area contributed by atoms with Gasteiger partial charge < -0.3 is 15.4 Å². The highest BCUT2D eigenvalue weighted by molar-refractivity contribution is 5.79. The minimum atomic E-state index is 0.499. The van der Waals surface area contributed by atoms with Crippen LogP contribution in [0.2, 0.25) is 0 Å². The number of guanidine groups is 1. The number of rotatable bonds is 10. The molecule has 0 saturated carbocycles. The third-order valence-corrected chi connectivity index (χ3v) is 5.03. The van der Waals surface area contributed by atoms with Crippen molar-refractivity contribution in [1.29, 1.82) is 0 Å². The van der Waals surface area contributed by atoms with Gasteiger partial charge in [0.15, 0.2) is 5.96 Å². The fourth-order valence-corrected chi connectivity index (χ4v) is 3.50. The second kappa shape index (κ2) is 12.5. The third-order valence-electron chi connectivity index (χ3n) is 5.03. The Morgan fingerprint density at radius 3 is 2.20 bits per heavy atom. The Kier molecular flexibility index (Phi) is 11.1. The number of nitrogens with zero attached hydrogens (tertiary/aromatic N) is 3. The van der Waals surface area contributed by atoms with Gasteiger partial charge in [0.25, 0.3) is 0 Å². The first-order chi connectivity index (χ1) is 12.0. The zero-order valence-electron chi connectivity index (χ0n) is 17.3. The van der Waals surface area contributed by atoms with E-state index in [9.17, 15) is 0 Å². The molecule has 2 N–H and O–H groups in total. The molecule has 0 aromatic carbocycles. The van der Waals surface area contributed by atoms with Crippen LogP contribution in [0.25, 0.3) is 0 Å². The van der Waals surface area contributed by atoms with Gasteiger partial charge in [-0.25, -0.2) is 0 Å². The lowest BCUT2D eigenvalue weighted by molar-refractivity contribution is 0.0132. The minimum absolute atomic E-state index is 0.499. The zero-order chi connectivity index (χ0) is 18.7. The first-order valence-corrected chi connectivity index (χ1v) is 10.0. The van der Waals surface area contributed by atoms with E-state index in [4.69, 9.17) is 4.74 Å². The molecule has 1 aliphatic heterocycles. The zero-order valence-corrected chi connectivity index (χ0v) is 17.3. The summed E-state index contributed by atoms with van der Waals surface area (Å²) in [4.78, 5) is 9.41. The van der Waals surface area contributed by atoms with Gasteiger partial charge >= 0.3 is 0 Å². The van der Waals surface area contributed by atoms with Gasteiger partial charge in [-0.1, -0.05) is 27.7 Å². The number of aliphatic imine (C=N–C) groups is 1. The summed E-state index contributed by atoms with van der Waals surface area (Å²) in [6.45, 7) is 19.1. The maximum Gasteiger partial charge on any atom is 0.191 e. The van der Waals surface area contributed by atoms with Crippen LogP contribution >= 0.6 is 0 Å². The van der Waals surface area contributed by atoms with Crippen molar-refractivity contribution in [2.24, 2.45) is 10.9 Å². The molecule has 1 rings (SSSR count). The number of hydrogen-bond donors (Lipinski definition) is 2. The predicted molar refractivity (Wildman–Crippen MR) is 107 cm³/mol. The van der Waals surface area contributed by atoms with E-state index in [0.717, 1.165) is 58.4 Å². The smallest absolute Gasteiger partial charge is 0.191 e. The summed E-state index contributed by atoms with van der Waals surface area (Å²) >= 11 is 0. The summed E-state index contributed by atoms with van der Waals surface area (Å²) in [6, 6.07) is 1.03. The molecule has 1 heterocycles. The summed E-state index contributed by atoms with van der Waals surface area (Å²) in [5, 5.41) is 7.02. The molecular weight excluding hydrogens is 314 g/mol. The largest absolute Gasteiger partial charge is 0.379 e. The molecule has 148 valence electrons. The van der Waals surface area contributed by atoms with Crippen molar-refractivity contribution in [3.63, 3.8) is 0 Å². The maximum absolute atomic E-state index is 5.51. The highest BCUT2D eigenvalue weighted by atomic mass is 16.5. The van der Waals surface area contributed by atoms with Gasteiger partial charge in [0.05, 0.1) is 13.2 Å². The number of likely N-dealkylation sites (N-methyl/N-ethyl adjacent to an activating group) is 1. The van der Waals surface area contributed by atoms with E-state index in [1.54, 1.807) is 0 Å². The van der Waals surface area contributed by atoms with Crippen LogP contribution in [-0.2, 0) is 4.74 Å². The predicted octanol–water partition coefficient (Wildman–Crippen LogP) is 1.63. The molecule has 0 amide bonds. The number of ether oxygens (including phenoxy) is 1. The molecule has 0 aromatic heterocycles. The second-order valence-electron chi connectivity index (χ2n) is 7.34. The van der Waals surface area contributed by atoms with Gasteiger partial charge in [0.1, 0.15) is 0 Å². The first-order valence-electron chi connectivity index (χ1n) is 10.0. The summed E-state index contributed by atoms with van der Waals surface area (Å²) in [7, 11) is 1.85. The first kappa shape index (κ1) is 22.2. The lowest BCUT2D eigenvalue weighted by atomic mass is 10.0. The van der Waals surface area contributed by atoms with Crippen LogP contribution in [0.3, 0.4) is 0 Å². The monoisotopic (exact) mass is 355 g/mol. The van der Waals surface area contributed by atoms with Gasteiger partial charge in [0.2, 0.25) is 0 Å². The van der Waals surface area contributed by atoms with E-state index in [-0.39, 0.29) is 0 Å². The quantitative estimate of drug-likeness (QED) is 0.461. The van der Waals surface area contributed by atoms with Crippen molar-refractivity contribution in [3.8, 4) is 0 Å². The van der Waals surface area contributed by atoms with Gasteiger partial charge in [-0.2, -0.15) is 0 Å². The average molecular weight is 356 g/mol. The molecular formula is C19H41N5O. The van der Waals surface area contributed by atoms with Gasteiger partial charge in [0, 0.05) is 45.3 Å². The topological polar surface area (TPSA) is 52.1 Å². The molecule has 0 aromatic rings. The summed E-state index contributed by atoms with van der Waals surface area (Å²) < 4.78 is 5.51. The average Bonchev–Trinajstić information content (AvgIpc) is 2.62. The van der Waals surface area contributed by atoms with E-state index in [1.165, 1.54) is 6.42 Å². The summed E-state index contributed by atoms with van der Waals surface area (Å²) in [5.74, 6) is 1.59. The van der Waals surface area contributed by atoms with Gasteiger partial charge in [-0.3, -0.25) is 14.8 Å². The standard InChI is InChI=1S/C19H41N5O/c1-7-23(8-2)17(5)14-21-19(20-6)22-15-18(13-16(3)4)24-9-11-25-12-10-24/h16-18H,7-15H2,1-6H3,(H2,20,21,22). The Hall–Kier alpha value is -0.850. The Bertz CT molecular complexity index is 365. The third kappa shape index (κ3) is 8.38. The fraction of sp³-hybridized carbons (Fsp3) is 0.947. The van der Waals surface area contributed by atoms with Crippen LogP contribution in [0.15, 0.2) is 4.99 Å². The van der Waals surface area contributed by atoms with E-state index >= 15 is 0 Å². The lowest BCUT2D eigenvalue weighted by Crippen LogP contribution is -2.52. The summed E-state index contributed by atoms with van der Waals surface area (Å²) in [5.41, 5.74) is 0. The number of hydrogen-bond acceptors (Lipinski definition) is 4. The molecule has 2 unspecified atom stereocenters. The van der Waals surface area contributed by atoms with Crippen molar-refractivity contribution < 1.29 is 4.74 Å². The van der Waals surface area contributed by atoms with Crippen molar-refractivity contribution in [3.05, 3.63) is 0 Å². The molecule has 6 nitrogen and oxygen atoms in total. The van der Waals surface area contributed by atoms with Crippen molar-refractivity contribution in [2.75, 3.05) is 59.5 Å². The molecule has 25 heavy (non-hydrogen) atoms. The van der Waals surface area contributed by atoms with E-state index in [0.29, 0.717) is 18.0 Å². The molecule has 0 aliphatic carbocycles. The Morgan fingerprint density at radius 2 is 1.68 bits per heavy atom. The Morgan fingerprint density at radius 1 is 1.08 bits per heavy atom. The van der Waals surface area contributed by atoms with Crippen molar-refractivity contribution in [2.45, 2.75) is 53.1 Å². The lowest BCUT2D eigenvalue weighted by Gasteiger charge is -2.36. The summed E-state index contributed by atoms with van der Waals surface area (Å²) in [6.07, 6.45) is 1.19. The fourth-order valence-electron chi connectivity index (χ4n) is 3.50. The Labute approximate surface area is 155 Å². The van der Waals surface area contributed by atoms with E-state index in [1.807, 2.05) is 7.05 Å². The van der Waals surface area contributed by atoms with E-state index in [2.05, 4.69) is 60.0 Å². The molecule has 1 aliphatic rings.